The first-order chi connectivity index (χ1) is 12.8. The van der Waals surface area contributed by atoms with Gasteiger partial charge in [0.25, 0.3) is 0 Å². The molecule has 1 aliphatic heterocycles. The Hall–Kier alpha value is -3.09. The van der Waals surface area contributed by atoms with Crippen LogP contribution in [0.4, 0.5) is 0 Å². The second-order valence-electron chi connectivity index (χ2n) is 6.53. The van der Waals surface area contributed by atoms with Gasteiger partial charge in [-0.05, 0) is 31.1 Å². The standard InChI is InChI=1S/C20H24N2O5/c1-12-5-3-7-16(22-13(2)23)8-4-6-15(21)9-14-10-17(24)11-18(25)19(14)20(26)27-12/h3-4,6-7,10-12,16,21,24-25H,5,8-9H2,1-2H3,(H,22,23)/b6-4+,7-3+,21-15?/t12-,16+/m1/s1. The normalized spacial score (nSPS) is 23.5. The first kappa shape index (κ1) is 20.2. The number of nitrogens with one attached hydrogen (secondary N) is 2. The summed E-state index contributed by atoms with van der Waals surface area (Å²) in [6.07, 6.45) is 7.52. The monoisotopic (exact) mass is 372 g/mol. The summed E-state index contributed by atoms with van der Waals surface area (Å²) in [5.74, 6) is -1.45. The van der Waals surface area contributed by atoms with Gasteiger partial charge in [-0.25, -0.2) is 4.79 Å². The van der Waals surface area contributed by atoms with Crippen molar-refractivity contribution in [3.8, 4) is 11.5 Å². The van der Waals surface area contributed by atoms with Gasteiger partial charge in [-0.3, -0.25) is 4.79 Å². The molecule has 0 bridgehead atoms. The van der Waals surface area contributed by atoms with Crippen LogP contribution in [0.2, 0.25) is 0 Å². The fourth-order valence-corrected chi connectivity index (χ4v) is 2.84. The van der Waals surface area contributed by atoms with Crippen LogP contribution in [0.3, 0.4) is 0 Å². The van der Waals surface area contributed by atoms with Gasteiger partial charge in [0.15, 0.2) is 0 Å². The van der Waals surface area contributed by atoms with E-state index in [2.05, 4.69) is 5.32 Å². The van der Waals surface area contributed by atoms with Crippen LogP contribution in [0.25, 0.3) is 0 Å². The molecule has 0 radical (unpaired) electrons. The summed E-state index contributed by atoms with van der Waals surface area (Å²) in [7, 11) is 0. The zero-order valence-corrected chi connectivity index (χ0v) is 15.4. The number of carbonyl (C=O) groups is 2. The summed E-state index contributed by atoms with van der Waals surface area (Å²) in [5, 5.41) is 30.7. The quantitative estimate of drug-likeness (QED) is 0.446. The molecule has 144 valence electrons. The molecule has 1 amide bonds. The Labute approximate surface area is 157 Å². The Kier molecular flexibility index (Phi) is 6.76. The smallest absolute Gasteiger partial charge is 0.342 e. The molecule has 27 heavy (non-hydrogen) atoms. The first-order valence-corrected chi connectivity index (χ1v) is 8.69. The lowest BCUT2D eigenvalue weighted by molar-refractivity contribution is -0.119. The number of hydrogen-bond acceptors (Lipinski definition) is 6. The van der Waals surface area contributed by atoms with E-state index < -0.39 is 12.1 Å². The molecule has 1 aromatic carbocycles. The fraction of sp³-hybridized carbons (Fsp3) is 0.350. The van der Waals surface area contributed by atoms with Crippen LogP contribution in [0.15, 0.2) is 36.4 Å². The molecular formula is C20H24N2O5. The summed E-state index contributed by atoms with van der Waals surface area (Å²) in [6.45, 7) is 3.16. The van der Waals surface area contributed by atoms with Crippen LogP contribution in [0.1, 0.15) is 42.6 Å². The minimum absolute atomic E-state index is 0.0396. The Balaban J connectivity index is 2.36. The number of esters is 1. The van der Waals surface area contributed by atoms with Crippen molar-refractivity contribution >= 4 is 17.6 Å². The zero-order chi connectivity index (χ0) is 20.0. The van der Waals surface area contributed by atoms with Crippen molar-refractivity contribution in [2.75, 3.05) is 0 Å². The summed E-state index contributed by atoms with van der Waals surface area (Å²) >= 11 is 0. The molecule has 1 heterocycles. The SMILES string of the molecule is CC(=O)N[C@H]1/C=C/C[C@@H](C)OC(=O)c2c(O)cc(O)cc2CC(=N)/C=C/C1. The summed E-state index contributed by atoms with van der Waals surface area (Å²) in [4.78, 5) is 23.8. The maximum atomic E-state index is 12.5. The molecule has 0 fully saturated rings. The van der Waals surface area contributed by atoms with E-state index in [4.69, 9.17) is 10.1 Å². The van der Waals surface area contributed by atoms with Gasteiger partial charge in [0.05, 0.1) is 6.04 Å². The first-order valence-electron chi connectivity index (χ1n) is 8.69. The number of fused-ring (bicyclic) bond motifs is 1. The maximum absolute atomic E-state index is 12.5. The van der Waals surface area contributed by atoms with Crippen molar-refractivity contribution in [3.05, 3.63) is 47.6 Å². The third-order valence-electron chi connectivity index (χ3n) is 4.01. The van der Waals surface area contributed by atoms with E-state index >= 15 is 0 Å². The average molecular weight is 372 g/mol. The molecule has 7 heteroatoms. The van der Waals surface area contributed by atoms with Gasteiger partial charge in [0, 0.05) is 31.5 Å². The van der Waals surface area contributed by atoms with Gasteiger partial charge in [0.2, 0.25) is 5.91 Å². The topological polar surface area (TPSA) is 120 Å². The number of phenols is 2. The van der Waals surface area contributed by atoms with Crippen LogP contribution < -0.4 is 5.32 Å². The number of rotatable bonds is 1. The number of amides is 1. The molecule has 2 rings (SSSR count). The van der Waals surface area contributed by atoms with Gasteiger partial charge < -0.3 is 25.7 Å². The van der Waals surface area contributed by atoms with Gasteiger partial charge in [-0.2, -0.15) is 0 Å². The van der Waals surface area contributed by atoms with Crippen molar-refractivity contribution in [3.63, 3.8) is 0 Å². The molecule has 0 spiro atoms. The van der Waals surface area contributed by atoms with E-state index in [1.807, 2.05) is 12.2 Å². The molecule has 0 saturated heterocycles. The highest BCUT2D eigenvalue weighted by molar-refractivity contribution is 5.99. The minimum Gasteiger partial charge on any atom is -0.508 e. The number of hydrogen-bond donors (Lipinski definition) is 4. The van der Waals surface area contributed by atoms with Crippen LogP contribution in [-0.2, 0) is 16.0 Å². The number of allylic oxidation sites excluding steroid dienone is 1. The maximum Gasteiger partial charge on any atom is 0.342 e. The predicted molar refractivity (Wildman–Crippen MR) is 101 cm³/mol. The lowest BCUT2D eigenvalue weighted by Crippen LogP contribution is -2.31. The van der Waals surface area contributed by atoms with E-state index in [0.29, 0.717) is 18.4 Å². The van der Waals surface area contributed by atoms with Crippen LogP contribution >= 0.6 is 0 Å². The van der Waals surface area contributed by atoms with Gasteiger partial charge in [-0.1, -0.05) is 18.2 Å². The van der Waals surface area contributed by atoms with Crippen molar-refractivity contribution < 1.29 is 24.5 Å². The molecule has 0 aromatic heterocycles. The van der Waals surface area contributed by atoms with Crippen molar-refractivity contribution in [2.24, 2.45) is 0 Å². The Morgan fingerprint density at radius 2 is 2.00 bits per heavy atom. The molecule has 7 nitrogen and oxygen atoms in total. The predicted octanol–water partition coefficient (Wildman–Crippen LogP) is 2.62. The lowest BCUT2D eigenvalue weighted by atomic mass is 9.99. The Morgan fingerprint density at radius 3 is 2.70 bits per heavy atom. The Morgan fingerprint density at radius 1 is 1.26 bits per heavy atom. The fourth-order valence-electron chi connectivity index (χ4n) is 2.84. The third kappa shape index (κ3) is 5.99. The molecular weight excluding hydrogens is 348 g/mol. The number of benzene rings is 1. The number of phenolic OH excluding ortho intramolecular Hbond substituents is 2. The lowest BCUT2D eigenvalue weighted by Gasteiger charge is -2.16. The summed E-state index contributed by atoms with van der Waals surface area (Å²) < 4.78 is 5.39. The van der Waals surface area contributed by atoms with Crippen molar-refractivity contribution in [1.82, 2.24) is 5.32 Å². The Bertz CT molecular complexity index is 798. The highest BCUT2D eigenvalue weighted by Crippen LogP contribution is 2.29. The number of cyclic esters (lactones) is 1. The minimum atomic E-state index is -0.712. The van der Waals surface area contributed by atoms with Crippen molar-refractivity contribution in [2.45, 2.75) is 45.3 Å². The molecule has 4 N–H and O–H groups in total. The summed E-state index contributed by atoms with van der Waals surface area (Å²) in [6, 6.07) is 2.19. The molecule has 1 aromatic rings. The largest absolute Gasteiger partial charge is 0.508 e. The van der Waals surface area contributed by atoms with Gasteiger partial charge in [0.1, 0.15) is 23.2 Å². The average Bonchev–Trinajstić information content (AvgIpc) is 2.52. The van der Waals surface area contributed by atoms with E-state index in [1.54, 1.807) is 19.1 Å². The van der Waals surface area contributed by atoms with E-state index in [9.17, 15) is 19.8 Å². The van der Waals surface area contributed by atoms with Crippen LogP contribution in [-0.4, -0.2) is 39.9 Å². The molecule has 0 saturated carbocycles. The summed E-state index contributed by atoms with van der Waals surface area (Å²) in [5.41, 5.74) is 0.449. The highest BCUT2D eigenvalue weighted by Gasteiger charge is 2.22. The van der Waals surface area contributed by atoms with E-state index in [-0.39, 0.29) is 41.1 Å². The van der Waals surface area contributed by atoms with Crippen molar-refractivity contribution in [1.29, 1.82) is 5.41 Å². The van der Waals surface area contributed by atoms with E-state index in [0.717, 1.165) is 6.07 Å². The van der Waals surface area contributed by atoms with Crippen LogP contribution in [0, 0.1) is 5.41 Å². The van der Waals surface area contributed by atoms with Gasteiger partial charge in [-0.15, -0.1) is 0 Å². The number of aromatic hydroxyl groups is 2. The molecule has 0 unspecified atom stereocenters. The highest BCUT2D eigenvalue weighted by atomic mass is 16.5. The number of ether oxygens (including phenoxy) is 1. The second-order valence-corrected chi connectivity index (χ2v) is 6.53. The third-order valence-corrected chi connectivity index (χ3v) is 4.01. The van der Waals surface area contributed by atoms with Gasteiger partial charge >= 0.3 is 5.97 Å². The van der Waals surface area contributed by atoms with E-state index in [1.165, 1.54) is 13.0 Å². The molecule has 0 aliphatic carbocycles. The zero-order valence-electron chi connectivity index (χ0n) is 15.4. The molecule has 1 aliphatic rings. The second kappa shape index (κ2) is 9.02. The number of carbonyl (C=O) groups excluding carboxylic acids is 2. The van der Waals surface area contributed by atoms with Crippen LogP contribution in [0.5, 0.6) is 11.5 Å². The molecule has 2 atom stereocenters.